The molecule has 1 aliphatic rings. The molecule has 1 unspecified atom stereocenters. The number of nitrogens with zero attached hydrogens (tertiary/aromatic N) is 5. The van der Waals surface area contributed by atoms with Gasteiger partial charge in [0.25, 0.3) is 5.56 Å². The van der Waals surface area contributed by atoms with Crippen LogP contribution in [0.5, 0.6) is 0 Å². The maximum atomic E-state index is 12.9. The van der Waals surface area contributed by atoms with Crippen LogP contribution in [0.2, 0.25) is 0 Å². The third kappa shape index (κ3) is 4.81. The number of piperidine rings is 1. The van der Waals surface area contributed by atoms with Gasteiger partial charge in [0.1, 0.15) is 5.82 Å². The van der Waals surface area contributed by atoms with Gasteiger partial charge in [-0.05, 0) is 52.0 Å². The maximum Gasteiger partial charge on any atom is 0.332 e. The highest BCUT2D eigenvalue weighted by atomic mass is 16.2. The van der Waals surface area contributed by atoms with E-state index in [1.165, 1.54) is 18.7 Å². The van der Waals surface area contributed by atoms with Crippen LogP contribution in [0.4, 0.5) is 5.82 Å². The summed E-state index contributed by atoms with van der Waals surface area (Å²) < 4.78 is 4.78. The van der Waals surface area contributed by atoms with Crippen LogP contribution >= 0.6 is 0 Å². The average molecular weight is 445 g/mol. The summed E-state index contributed by atoms with van der Waals surface area (Å²) in [6.45, 7) is 11.3. The lowest BCUT2D eigenvalue weighted by Crippen LogP contribution is -2.47. The van der Waals surface area contributed by atoms with E-state index in [-0.39, 0.29) is 23.1 Å². The Bertz CT molecular complexity index is 1080. The van der Waals surface area contributed by atoms with Crippen LogP contribution < -0.4 is 21.5 Å². The second kappa shape index (κ2) is 10.2. The van der Waals surface area contributed by atoms with E-state index >= 15 is 0 Å². The van der Waals surface area contributed by atoms with Crippen LogP contribution in [-0.2, 0) is 31.4 Å². The van der Waals surface area contributed by atoms with Gasteiger partial charge in [0.05, 0.1) is 11.6 Å². The van der Waals surface area contributed by atoms with Crippen LogP contribution in [0.25, 0.3) is 0 Å². The Morgan fingerprint density at radius 2 is 2.00 bits per heavy atom. The molecule has 1 N–H and O–H groups in total. The Morgan fingerprint density at radius 3 is 2.66 bits per heavy atom. The van der Waals surface area contributed by atoms with E-state index in [9.17, 15) is 14.4 Å². The minimum absolute atomic E-state index is 0.0288. The zero-order valence-corrected chi connectivity index (χ0v) is 20.0. The number of hydrogen-bond acceptors (Lipinski definition) is 5. The number of hydrogen-bond donors (Lipinski definition) is 1. The number of aromatic nitrogens is 4. The Hall–Kier alpha value is -2.84. The van der Waals surface area contributed by atoms with E-state index in [0.29, 0.717) is 25.5 Å². The predicted molar refractivity (Wildman–Crippen MR) is 125 cm³/mol. The number of carbonyl (C=O) groups excluding carboxylic acids is 1. The first-order valence-electron chi connectivity index (χ1n) is 11.6. The fourth-order valence-corrected chi connectivity index (χ4v) is 4.61. The molecular weight excluding hydrogens is 408 g/mol. The van der Waals surface area contributed by atoms with Gasteiger partial charge in [0.2, 0.25) is 5.91 Å². The van der Waals surface area contributed by atoms with Gasteiger partial charge in [-0.1, -0.05) is 6.92 Å². The second-order valence-corrected chi connectivity index (χ2v) is 8.63. The Labute approximate surface area is 189 Å². The fourth-order valence-electron chi connectivity index (χ4n) is 4.61. The molecule has 2 aromatic heterocycles. The van der Waals surface area contributed by atoms with Crippen molar-refractivity contribution in [2.24, 2.45) is 13.0 Å². The van der Waals surface area contributed by atoms with Crippen molar-refractivity contribution in [1.82, 2.24) is 24.2 Å². The van der Waals surface area contributed by atoms with Crippen molar-refractivity contribution in [3.63, 3.8) is 0 Å². The van der Waals surface area contributed by atoms with Gasteiger partial charge in [-0.3, -0.25) is 23.4 Å². The summed E-state index contributed by atoms with van der Waals surface area (Å²) in [6, 6.07) is 1.52. The molecule has 3 rings (SSSR count). The molecule has 9 heteroatoms. The van der Waals surface area contributed by atoms with E-state index in [0.717, 1.165) is 54.7 Å². The number of aryl methyl sites for hydroxylation is 2. The lowest BCUT2D eigenvalue weighted by Gasteiger charge is -2.35. The summed E-state index contributed by atoms with van der Waals surface area (Å²) in [5, 5.41) is 7.63. The molecule has 1 fully saturated rings. The summed E-state index contributed by atoms with van der Waals surface area (Å²) in [4.78, 5) is 39.8. The highest BCUT2D eigenvalue weighted by Crippen LogP contribution is 2.22. The zero-order chi connectivity index (χ0) is 23.4. The molecule has 176 valence electrons. The summed E-state index contributed by atoms with van der Waals surface area (Å²) in [6.07, 6.45) is 3.19. The van der Waals surface area contributed by atoms with Crippen molar-refractivity contribution in [1.29, 1.82) is 0 Å². The molecule has 1 atom stereocenters. The van der Waals surface area contributed by atoms with Gasteiger partial charge in [-0.25, -0.2) is 4.79 Å². The minimum atomic E-state index is -0.317. The molecule has 0 aromatic carbocycles. The van der Waals surface area contributed by atoms with E-state index in [2.05, 4.69) is 24.3 Å². The number of nitrogens with one attached hydrogen (secondary N) is 1. The average Bonchev–Trinajstić information content (AvgIpc) is 3.07. The maximum absolute atomic E-state index is 12.9. The number of rotatable bonds is 8. The van der Waals surface area contributed by atoms with Crippen LogP contribution in [0, 0.1) is 19.8 Å². The van der Waals surface area contributed by atoms with E-state index in [1.54, 1.807) is 4.57 Å². The number of anilines is 1. The lowest BCUT2D eigenvalue weighted by molar-refractivity contribution is -0.125. The van der Waals surface area contributed by atoms with Gasteiger partial charge < -0.3 is 10.2 Å². The largest absolute Gasteiger partial charge is 0.357 e. The summed E-state index contributed by atoms with van der Waals surface area (Å²) in [5.41, 5.74) is 2.74. The molecule has 32 heavy (non-hydrogen) atoms. The minimum Gasteiger partial charge on any atom is -0.357 e. The molecular formula is C23H36N6O3. The van der Waals surface area contributed by atoms with Crippen LogP contribution in [0.3, 0.4) is 0 Å². The molecule has 1 amide bonds. The molecule has 0 radical (unpaired) electrons. The molecule has 1 aliphatic heterocycles. The van der Waals surface area contributed by atoms with E-state index < -0.39 is 0 Å². The van der Waals surface area contributed by atoms with Crippen molar-refractivity contribution >= 4 is 11.7 Å². The van der Waals surface area contributed by atoms with Crippen LogP contribution in [0.15, 0.2) is 15.7 Å². The Balaban J connectivity index is 1.68. The molecule has 1 saturated heterocycles. The first-order chi connectivity index (χ1) is 15.3. The molecule has 3 heterocycles. The van der Waals surface area contributed by atoms with Gasteiger partial charge in [0, 0.05) is 51.5 Å². The number of carbonyl (C=O) groups is 1. The summed E-state index contributed by atoms with van der Waals surface area (Å²) in [7, 11) is 1.50. The van der Waals surface area contributed by atoms with Crippen molar-refractivity contribution in [3.8, 4) is 0 Å². The van der Waals surface area contributed by atoms with Gasteiger partial charge in [-0.15, -0.1) is 0 Å². The summed E-state index contributed by atoms with van der Waals surface area (Å²) >= 11 is 0. The van der Waals surface area contributed by atoms with Crippen molar-refractivity contribution < 1.29 is 4.79 Å². The first-order valence-corrected chi connectivity index (χ1v) is 11.6. The van der Waals surface area contributed by atoms with Gasteiger partial charge >= 0.3 is 5.69 Å². The lowest BCUT2D eigenvalue weighted by atomic mass is 9.97. The highest BCUT2D eigenvalue weighted by molar-refractivity contribution is 5.79. The monoisotopic (exact) mass is 444 g/mol. The quantitative estimate of drug-likeness (QED) is 0.664. The predicted octanol–water partition coefficient (Wildman–Crippen LogP) is 1.37. The topological polar surface area (TPSA) is 94.2 Å². The molecule has 9 nitrogen and oxygen atoms in total. The van der Waals surface area contributed by atoms with Crippen molar-refractivity contribution in [3.05, 3.63) is 43.9 Å². The van der Waals surface area contributed by atoms with Crippen LogP contribution in [0.1, 0.15) is 50.1 Å². The Kier molecular flexibility index (Phi) is 7.58. The number of amides is 1. The second-order valence-electron chi connectivity index (χ2n) is 8.63. The summed E-state index contributed by atoms with van der Waals surface area (Å²) in [5.74, 6) is 0.482. The molecule has 0 aliphatic carbocycles. The molecule has 0 spiro atoms. The standard InChI is InChI=1S/C23H36N6O3/c1-6-12-28-20(14-21(30)26(5)23(28)32)27-13-8-9-18(15-27)22(31)24-11-10-19-16(3)25-29(7-2)17(19)4/h14,18H,6-13,15H2,1-5H3,(H,24,31). The van der Waals surface area contributed by atoms with Crippen molar-refractivity contribution in [2.45, 2.75) is 66.5 Å². The normalized spacial score (nSPS) is 16.4. The first kappa shape index (κ1) is 23.8. The fraction of sp³-hybridized carbons (Fsp3) is 0.652. The molecule has 0 saturated carbocycles. The molecule has 2 aromatic rings. The van der Waals surface area contributed by atoms with Crippen LogP contribution in [-0.4, -0.2) is 44.5 Å². The van der Waals surface area contributed by atoms with Crippen molar-refractivity contribution in [2.75, 3.05) is 24.5 Å². The van der Waals surface area contributed by atoms with Gasteiger partial charge in [0.15, 0.2) is 0 Å². The SMILES string of the molecule is CCCn1c(N2CCCC(C(=O)NCCc3c(C)nn(CC)c3C)C2)cc(=O)n(C)c1=O. The smallest absolute Gasteiger partial charge is 0.332 e. The Morgan fingerprint density at radius 1 is 1.25 bits per heavy atom. The van der Waals surface area contributed by atoms with E-state index in [1.807, 2.05) is 23.4 Å². The third-order valence-corrected chi connectivity index (χ3v) is 6.45. The highest BCUT2D eigenvalue weighted by Gasteiger charge is 2.28. The third-order valence-electron chi connectivity index (χ3n) is 6.45. The zero-order valence-electron chi connectivity index (χ0n) is 20.0. The van der Waals surface area contributed by atoms with E-state index in [4.69, 9.17) is 0 Å². The van der Waals surface area contributed by atoms with Gasteiger partial charge in [-0.2, -0.15) is 5.10 Å². The molecule has 0 bridgehead atoms.